The van der Waals surface area contributed by atoms with Crippen LogP contribution in [0.4, 0.5) is 11.4 Å². The van der Waals surface area contributed by atoms with E-state index in [9.17, 15) is 9.59 Å². The second-order valence-corrected chi connectivity index (χ2v) is 10.3. The van der Waals surface area contributed by atoms with Gasteiger partial charge in [-0.05, 0) is 67.2 Å². The standard InChI is InChI=1S/C30H31N3O2S/c1-19(2)24-13-11-23(12-14-24)17-26-29(35)33(25-15-9-20(3)10-16-25)30(31-26)36-18-27(34)32-28-21(4)7-6-8-22(28)5/h6-17,19H,18H2,1-5H3,(H,32,34). The molecule has 36 heavy (non-hydrogen) atoms. The lowest BCUT2D eigenvalue weighted by Crippen LogP contribution is -2.31. The predicted octanol–water partition coefficient (Wildman–Crippen LogP) is 6.85. The lowest BCUT2D eigenvalue weighted by Gasteiger charge is -2.18. The van der Waals surface area contributed by atoms with Gasteiger partial charge in [-0.2, -0.15) is 0 Å². The normalized spacial score (nSPS) is 14.5. The third-order valence-corrected chi connectivity index (χ3v) is 7.04. The van der Waals surface area contributed by atoms with Gasteiger partial charge in [0.25, 0.3) is 5.91 Å². The van der Waals surface area contributed by atoms with E-state index in [-0.39, 0.29) is 17.6 Å². The summed E-state index contributed by atoms with van der Waals surface area (Å²) < 4.78 is 0. The number of para-hydroxylation sites is 1. The fourth-order valence-corrected chi connectivity index (χ4v) is 4.78. The molecule has 0 bridgehead atoms. The van der Waals surface area contributed by atoms with Crippen LogP contribution in [0.2, 0.25) is 0 Å². The van der Waals surface area contributed by atoms with Crippen molar-refractivity contribution >= 4 is 46.2 Å². The maximum Gasteiger partial charge on any atom is 0.283 e. The molecule has 5 nitrogen and oxygen atoms in total. The van der Waals surface area contributed by atoms with Crippen LogP contribution >= 0.6 is 11.8 Å². The van der Waals surface area contributed by atoms with Crippen LogP contribution in [0.1, 0.15) is 47.6 Å². The number of amides is 2. The average Bonchev–Trinajstić information content (AvgIpc) is 3.16. The largest absolute Gasteiger partial charge is 0.325 e. The third-order valence-electron chi connectivity index (χ3n) is 6.11. The van der Waals surface area contributed by atoms with E-state index in [1.54, 1.807) is 11.0 Å². The number of benzene rings is 3. The minimum absolute atomic E-state index is 0.138. The van der Waals surface area contributed by atoms with E-state index in [0.29, 0.717) is 16.8 Å². The fraction of sp³-hybridized carbons (Fsp3) is 0.233. The van der Waals surface area contributed by atoms with Crippen LogP contribution in [0.5, 0.6) is 0 Å². The summed E-state index contributed by atoms with van der Waals surface area (Å²) in [4.78, 5) is 32.5. The first-order valence-electron chi connectivity index (χ1n) is 12.0. The predicted molar refractivity (Wildman–Crippen MR) is 152 cm³/mol. The Morgan fingerprint density at radius 3 is 2.22 bits per heavy atom. The molecule has 0 unspecified atom stereocenters. The quantitative estimate of drug-likeness (QED) is 0.379. The van der Waals surface area contributed by atoms with E-state index in [2.05, 4.69) is 36.3 Å². The first-order chi connectivity index (χ1) is 17.2. The summed E-state index contributed by atoms with van der Waals surface area (Å²) in [6.45, 7) is 10.2. The van der Waals surface area contributed by atoms with E-state index >= 15 is 0 Å². The first kappa shape index (κ1) is 25.5. The molecule has 3 aromatic carbocycles. The van der Waals surface area contributed by atoms with Gasteiger partial charge in [0.05, 0.1) is 11.4 Å². The molecule has 0 saturated heterocycles. The zero-order valence-electron chi connectivity index (χ0n) is 21.3. The molecule has 0 radical (unpaired) electrons. The second kappa shape index (κ2) is 11.0. The number of carbonyl (C=O) groups is 2. The number of hydrogen-bond donors (Lipinski definition) is 1. The van der Waals surface area contributed by atoms with Crippen molar-refractivity contribution in [1.82, 2.24) is 0 Å². The lowest BCUT2D eigenvalue weighted by atomic mass is 10.0. The summed E-state index contributed by atoms with van der Waals surface area (Å²) in [7, 11) is 0. The molecule has 0 aliphatic carbocycles. The van der Waals surface area contributed by atoms with Gasteiger partial charge in [0, 0.05) is 5.69 Å². The highest BCUT2D eigenvalue weighted by Crippen LogP contribution is 2.30. The lowest BCUT2D eigenvalue weighted by molar-refractivity contribution is -0.114. The molecule has 6 heteroatoms. The highest BCUT2D eigenvalue weighted by Gasteiger charge is 2.32. The van der Waals surface area contributed by atoms with Gasteiger partial charge in [-0.1, -0.05) is 85.8 Å². The molecule has 0 aromatic heterocycles. The Hall–Kier alpha value is -3.64. The van der Waals surface area contributed by atoms with Gasteiger partial charge in [0.2, 0.25) is 5.91 Å². The molecule has 1 aliphatic heterocycles. The fourth-order valence-electron chi connectivity index (χ4n) is 3.97. The van der Waals surface area contributed by atoms with E-state index in [1.807, 2.05) is 75.4 Å². The van der Waals surface area contributed by atoms with Gasteiger partial charge in [0.1, 0.15) is 5.70 Å². The van der Waals surface area contributed by atoms with E-state index in [1.165, 1.54) is 17.3 Å². The Morgan fingerprint density at radius 1 is 0.972 bits per heavy atom. The van der Waals surface area contributed by atoms with Gasteiger partial charge in [-0.15, -0.1) is 0 Å². The molecular formula is C30H31N3O2S. The smallest absolute Gasteiger partial charge is 0.283 e. The molecule has 184 valence electrons. The molecule has 2 amide bonds. The summed E-state index contributed by atoms with van der Waals surface area (Å²) in [5.74, 6) is 0.230. The van der Waals surface area contributed by atoms with Crippen molar-refractivity contribution in [2.45, 2.75) is 40.5 Å². The molecular weight excluding hydrogens is 466 g/mol. The van der Waals surface area contributed by atoms with Crippen LogP contribution in [0, 0.1) is 20.8 Å². The first-order valence-corrected chi connectivity index (χ1v) is 13.0. The summed E-state index contributed by atoms with van der Waals surface area (Å²) in [6.07, 6.45) is 1.80. The monoisotopic (exact) mass is 497 g/mol. The van der Waals surface area contributed by atoms with Crippen LogP contribution in [0.3, 0.4) is 0 Å². The molecule has 4 rings (SSSR count). The highest BCUT2D eigenvalue weighted by atomic mass is 32.2. The molecule has 1 N–H and O–H groups in total. The van der Waals surface area contributed by atoms with Crippen molar-refractivity contribution in [3.8, 4) is 0 Å². The number of nitrogens with zero attached hydrogens (tertiary/aromatic N) is 2. The molecule has 3 aromatic rings. The zero-order chi connectivity index (χ0) is 25.8. The van der Waals surface area contributed by atoms with Crippen molar-refractivity contribution in [3.63, 3.8) is 0 Å². The Bertz CT molecular complexity index is 1320. The minimum Gasteiger partial charge on any atom is -0.325 e. The Labute approximate surface area is 217 Å². The van der Waals surface area contributed by atoms with Crippen LogP contribution in [-0.4, -0.2) is 22.7 Å². The van der Waals surface area contributed by atoms with Gasteiger partial charge >= 0.3 is 0 Å². The van der Waals surface area contributed by atoms with Crippen LogP contribution in [0.25, 0.3) is 6.08 Å². The summed E-state index contributed by atoms with van der Waals surface area (Å²) in [5, 5.41) is 3.50. The topological polar surface area (TPSA) is 61.8 Å². The number of thioether (sulfide) groups is 1. The van der Waals surface area contributed by atoms with Gasteiger partial charge in [-0.3, -0.25) is 14.5 Å². The maximum absolute atomic E-state index is 13.4. The number of hydrogen-bond acceptors (Lipinski definition) is 4. The number of carbonyl (C=O) groups excluding carboxylic acids is 2. The number of anilines is 2. The maximum atomic E-state index is 13.4. The van der Waals surface area contributed by atoms with Crippen LogP contribution < -0.4 is 10.2 Å². The number of rotatable bonds is 6. The molecule has 0 spiro atoms. The van der Waals surface area contributed by atoms with E-state index in [4.69, 9.17) is 0 Å². The summed E-state index contributed by atoms with van der Waals surface area (Å²) >= 11 is 1.26. The van der Waals surface area contributed by atoms with Crippen molar-refractivity contribution < 1.29 is 9.59 Å². The summed E-state index contributed by atoms with van der Waals surface area (Å²) in [6, 6.07) is 21.8. The number of aliphatic imine (C=N–C) groups is 1. The van der Waals surface area contributed by atoms with Crippen LogP contribution in [-0.2, 0) is 9.59 Å². The third kappa shape index (κ3) is 5.77. The Kier molecular flexibility index (Phi) is 7.75. The Morgan fingerprint density at radius 2 is 1.61 bits per heavy atom. The highest BCUT2D eigenvalue weighted by molar-refractivity contribution is 8.14. The van der Waals surface area contributed by atoms with Crippen molar-refractivity contribution in [3.05, 3.63) is 100 Å². The molecule has 0 saturated carbocycles. The SMILES string of the molecule is Cc1ccc(N2C(=O)C(=Cc3ccc(C(C)C)cc3)N=C2SCC(=O)Nc2c(C)cccc2C)cc1. The minimum atomic E-state index is -0.204. The molecule has 0 atom stereocenters. The van der Waals surface area contributed by atoms with E-state index in [0.717, 1.165) is 33.6 Å². The van der Waals surface area contributed by atoms with Crippen LogP contribution in [0.15, 0.2) is 77.4 Å². The van der Waals surface area contributed by atoms with Crippen molar-refractivity contribution in [2.24, 2.45) is 4.99 Å². The molecule has 1 aliphatic rings. The van der Waals surface area contributed by atoms with Gasteiger partial charge < -0.3 is 5.32 Å². The molecule has 1 heterocycles. The number of amidine groups is 1. The van der Waals surface area contributed by atoms with Gasteiger partial charge in [0.15, 0.2) is 5.17 Å². The van der Waals surface area contributed by atoms with Gasteiger partial charge in [-0.25, -0.2) is 4.99 Å². The van der Waals surface area contributed by atoms with Crippen molar-refractivity contribution in [2.75, 3.05) is 16.0 Å². The van der Waals surface area contributed by atoms with E-state index < -0.39 is 0 Å². The molecule has 0 fully saturated rings. The average molecular weight is 498 g/mol. The number of aryl methyl sites for hydroxylation is 3. The number of nitrogens with one attached hydrogen (secondary N) is 1. The van der Waals surface area contributed by atoms with Crippen molar-refractivity contribution in [1.29, 1.82) is 0 Å². The second-order valence-electron chi connectivity index (χ2n) is 9.33. The Balaban J connectivity index is 1.58. The summed E-state index contributed by atoms with van der Waals surface area (Å²) in [5.41, 5.74) is 7.18. The zero-order valence-corrected chi connectivity index (χ0v) is 22.1.